The van der Waals surface area contributed by atoms with E-state index in [-0.39, 0.29) is 6.42 Å². The third-order valence-corrected chi connectivity index (χ3v) is 2.63. The molecule has 0 amide bonds. The van der Waals surface area contributed by atoms with E-state index in [2.05, 4.69) is 0 Å². The molecular weight excluding hydrogens is 148 g/mol. The molecule has 11 heavy (non-hydrogen) atoms. The van der Waals surface area contributed by atoms with E-state index in [1.807, 2.05) is 0 Å². The number of halogens is 2. The zero-order valence-electron chi connectivity index (χ0n) is 6.82. The van der Waals surface area contributed by atoms with Gasteiger partial charge in [0, 0.05) is 12.3 Å². The van der Waals surface area contributed by atoms with Gasteiger partial charge in [0.25, 0.3) is 5.92 Å². The fourth-order valence-corrected chi connectivity index (χ4v) is 1.65. The maximum Gasteiger partial charge on any atom is 0.250 e. The van der Waals surface area contributed by atoms with Crippen LogP contribution in [-0.2, 0) is 0 Å². The molecule has 0 aliphatic heterocycles. The van der Waals surface area contributed by atoms with Crippen molar-refractivity contribution in [2.75, 3.05) is 6.54 Å². The van der Waals surface area contributed by atoms with Gasteiger partial charge in [0.2, 0.25) is 0 Å². The van der Waals surface area contributed by atoms with Crippen LogP contribution in [0.25, 0.3) is 0 Å². The summed E-state index contributed by atoms with van der Waals surface area (Å²) < 4.78 is 25.7. The molecule has 2 unspecified atom stereocenters. The van der Waals surface area contributed by atoms with Crippen molar-refractivity contribution in [2.24, 2.45) is 17.6 Å². The SMILES string of the molecule is CC1CC(CN)CCC1(F)F. The molecule has 1 rings (SSSR count). The van der Waals surface area contributed by atoms with E-state index in [0.29, 0.717) is 25.3 Å². The first-order chi connectivity index (χ1) is 5.06. The van der Waals surface area contributed by atoms with Gasteiger partial charge in [-0.05, 0) is 25.3 Å². The van der Waals surface area contributed by atoms with Crippen molar-refractivity contribution in [1.29, 1.82) is 0 Å². The zero-order chi connectivity index (χ0) is 8.48. The number of rotatable bonds is 1. The maximum atomic E-state index is 12.9. The lowest BCUT2D eigenvalue weighted by molar-refractivity contribution is -0.0896. The highest BCUT2D eigenvalue weighted by molar-refractivity contribution is 4.83. The van der Waals surface area contributed by atoms with Crippen LogP contribution < -0.4 is 5.73 Å². The molecule has 0 heterocycles. The maximum absolute atomic E-state index is 12.9. The summed E-state index contributed by atoms with van der Waals surface area (Å²) in [6.45, 7) is 2.17. The third-order valence-electron chi connectivity index (χ3n) is 2.63. The lowest BCUT2D eigenvalue weighted by atomic mass is 9.80. The summed E-state index contributed by atoms with van der Waals surface area (Å²) in [7, 11) is 0. The van der Waals surface area contributed by atoms with E-state index in [4.69, 9.17) is 5.73 Å². The Hall–Kier alpha value is -0.180. The highest BCUT2D eigenvalue weighted by Gasteiger charge is 2.41. The lowest BCUT2D eigenvalue weighted by Crippen LogP contribution is -2.35. The molecule has 0 bridgehead atoms. The number of hydrogen-bond donors (Lipinski definition) is 1. The second-order valence-electron chi connectivity index (χ2n) is 3.54. The van der Waals surface area contributed by atoms with Gasteiger partial charge in [-0.25, -0.2) is 8.78 Å². The molecule has 0 saturated heterocycles. The average molecular weight is 163 g/mol. The van der Waals surface area contributed by atoms with Gasteiger partial charge in [-0.1, -0.05) is 6.92 Å². The van der Waals surface area contributed by atoms with Crippen molar-refractivity contribution in [3.05, 3.63) is 0 Å². The summed E-state index contributed by atoms with van der Waals surface area (Å²) in [4.78, 5) is 0. The smallest absolute Gasteiger partial charge is 0.250 e. The molecule has 1 aliphatic carbocycles. The molecule has 2 N–H and O–H groups in total. The fraction of sp³-hybridized carbons (Fsp3) is 1.00. The molecule has 1 saturated carbocycles. The molecular formula is C8H15F2N. The normalized spacial score (nSPS) is 37.1. The standard InChI is InChI=1S/C8H15F2N/c1-6-4-7(5-11)2-3-8(6,9)10/h6-7H,2-5,11H2,1H3. The van der Waals surface area contributed by atoms with Crippen LogP contribution >= 0.6 is 0 Å². The van der Waals surface area contributed by atoms with Gasteiger partial charge in [0.1, 0.15) is 0 Å². The number of hydrogen-bond acceptors (Lipinski definition) is 1. The summed E-state index contributed by atoms with van der Waals surface area (Å²) in [5.41, 5.74) is 5.41. The Morgan fingerprint density at radius 1 is 1.55 bits per heavy atom. The van der Waals surface area contributed by atoms with E-state index < -0.39 is 11.8 Å². The zero-order valence-corrected chi connectivity index (χ0v) is 6.82. The van der Waals surface area contributed by atoms with E-state index >= 15 is 0 Å². The minimum atomic E-state index is -2.44. The van der Waals surface area contributed by atoms with Gasteiger partial charge in [-0.15, -0.1) is 0 Å². The van der Waals surface area contributed by atoms with Gasteiger partial charge >= 0.3 is 0 Å². The first-order valence-electron chi connectivity index (χ1n) is 4.14. The second-order valence-corrected chi connectivity index (χ2v) is 3.54. The first-order valence-corrected chi connectivity index (χ1v) is 4.14. The molecule has 0 spiro atoms. The Morgan fingerprint density at radius 2 is 2.18 bits per heavy atom. The molecule has 0 aromatic heterocycles. The predicted molar refractivity (Wildman–Crippen MR) is 40.5 cm³/mol. The van der Waals surface area contributed by atoms with Gasteiger partial charge < -0.3 is 5.73 Å². The van der Waals surface area contributed by atoms with Crippen LogP contribution in [-0.4, -0.2) is 12.5 Å². The molecule has 3 heteroatoms. The van der Waals surface area contributed by atoms with Crippen molar-refractivity contribution < 1.29 is 8.78 Å². The molecule has 0 aromatic carbocycles. The van der Waals surface area contributed by atoms with Crippen molar-refractivity contribution in [2.45, 2.75) is 32.1 Å². The summed E-state index contributed by atoms with van der Waals surface area (Å²) in [5.74, 6) is -2.60. The van der Waals surface area contributed by atoms with Crippen LogP contribution in [0.5, 0.6) is 0 Å². The quantitative estimate of drug-likeness (QED) is 0.628. The largest absolute Gasteiger partial charge is 0.330 e. The minimum Gasteiger partial charge on any atom is -0.330 e. The Labute approximate surface area is 66.0 Å². The molecule has 1 fully saturated rings. The molecule has 2 atom stereocenters. The topological polar surface area (TPSA) is 26.0 Å². The molecule has 1 aliphatic rings. The van der Waals surface area contributed by atoms with Gasteiger partial charge in [0.05, 0.1) is 0 Å². The van der Waals surface area contributed by atoms with Crippen LogP contribution in [0.4, 0.5) is 8.78 Å². The Kier molecular flexibility index (Phi) is 2.47. The molecule has 66 valence electrons. The highest BCUT2D eigenvalue weighted by atomic mass is 19.3. The third kappa shape index (κ3) is 1.89. The van der Waals surface area contributed by atoms with Crippen LogP contribution in [0.15, 0.2) is 0 Å². The Bertz CT molecular complexity index is 136. The predicted octanol–water partition coefficient (Wildman–Crippen LogP) is 2.02. The van der Waals surface area contributed by atoms with Crippen molar-refractivity contribution in [3.63, 3.8) is 0 Å². The second kappa shape index (κ2) is 3.05. The van der Waals surface area contributed by atoms with Gasteiger partial charge in [0.15, 0.2) is 0 Å². The van der Waals surface area contributed by atoms with Crippen LogP contribution in [0.3, 0.4) is 0 Å². The number of alkyl halides is 2. The summed E-state index contributed by atoms with van der Waals surface area (Å²) in [6, 6.07) is 0. The monoisotopic (exact) mass is 163 g/mol. The summed E-state index contributed by atoms with van der Waals surface area (Å²) in [6.07, 6.45) is 1.20. The van der Waals surface area contributed by atoms with E-state index in [9.17, 15) is 8.78 Å². The van der Waals surface area contributed by atoms with Crippen LogP contribution in [0, 0.1) is 11.8 Å². The summed E-state index contributed by atoms with van der Waals surface area (Å²) in [5, 5.41) is 0. The number of nitrogens with two attached hydrogens (primary N) is 1. The van der Waals surface area contributed by atoms with E-state index in [1.165, 1.54) is 0 Å². The fourth-order valence-electron chi connectivity index (χ4n) is 1.65. The Balaban J connectivity index is 2.48. The minimum absolute atomic E-state index is 0.0238. The van der Waals surface area contributed by atoms with E-state index in [1.54, 1.807) is 6.92 Å². The molecule has 0 aromatic rings. The van der Waals surface area contributed by atoms with Crippen molar-refractivity contribution in [1.82, 2.24) is 0 Å². The summed E-state index contributed by atoms with van der Waals surface area (Å²) >= 11 is 0. The van der Waals surface area contributed by atoms with Gasteiger partial charge in [-0.2, -0.15) is 0 Å². The van der Waals surface area contributed by atoms with Crippen LogP contribution in [0.1, 0.15) is 26.2 Å². The van der Waals surface area contributed by atoms with Crippen molar-refractivity contribution in [3.8, 4) is 0 Å². The lowest BCUT2D eigenvalue weighted by Gasteiger charge is -2.33. The molecule has 1 nitrogen and oxygen atoms in total. The Morgan fingerprint density at radius 3 is 2.64 bits per heavy atom. The van der Waals surface area contributed by atoms with Gasteiger partial charge in [-0.3, -0.25) is 0 Å². The van der Waals surface area contributed by atoms with Crippen LogP contribution in [0.2, 0.25) is 0 Å². The molecule has 0 radical (unpaired) electrons. The highest BCUT2D eigenvalue weighted by Crippen LogP contribution is 2.40. The van der Waals surface area contributed by atoms with E-state index in [0.717, 1.165) is 0 Å². The average Bonchev–Trinajstić information content (AvgIpc) is 1.95. The first kappa shape index (κ1) is 8.91. The van der Waals surface area contributed by atoms with Crippen molar-refractivity contribution >= 4 is 0 Å².